The van der Waals surface area contributed by atoms with Crippen LogP contribution in [-0.2, 0) is 0 Å². The number of hydrogen-bond acceptors (Lipinski definition) is 3. The zero-order valence-corrected chi connectivity index (χ0v) is 10.6. The van der Waals surface area contributed by atoms with Crippen molar-refractivity contribution < 1.29 is 10.0 Å². The summed E-state index contributed by atoms with van der Waals surface area (Å²) in [4.78, 5) is 11.7. The first kappa shape index (κ1) is 12.8. The number of halogens is 1. The van der Waals surface area contributed by atoms with Crippen molar-refractivity contribution >= 4 is 34.3 Å². The first-order chi connectivity index (χ1) is 7.65. The molecular formula is C10H12IN3O2. The number of amides is 1. The number of nitrogens with one attached hydrogen (secondary N) is 1. The molecule has 0 fully saturated rings. The second-order valence-electron chi connectivity index (χ2n) is 3.08. The van der Waals surface area contributed by atoms with Gasteiger partial charge in [-0.1, -0.05) is 17.3 Å². The average Bonchev–Trinajstić information content (AvgIpc) is 2.29. The Hall–Kier alpha value is -1.31. The molecule has 4 N–H and O–H groups in total. The molecule has 1 rings (SSSR count). The van der Waals surface area contributed by atoms with E-state index in [1.54, 1.807) is 12.1 Å². The van der Waals surface area contributed by atoms with E-state index in [-0.39, 0.29) is 11.7 Å². The molecule has 0 aromatic heterocycles. The van der Waals surface area contributed by atoms with Crippen LogP contribution in [0.15, 0.2) is 29.4 Å². The van der Waals surface area contributed by atoms with Gasteiger partial charge >= 0.3 is 0 Å². The number of oxime groups is 1. The summed E-state index contributed by atoms with van der Waals surface area (Å²) in [5, 5.41) is 13.8. The summed E-state index contributed by atoms with van der Waals surface area (Å²) in [6.07, 6.45) is 0.325. The number of hydrogen-bond donors (Lipinski definition) is 3. The van der Waals surface area contributed by atoms with Crippen LogP contribution >= 0.6 is 22.6 Å². The van der Waals surface area contributed by atoms with Crippen LogP contribution in [0, 0.1) is 3.57 Å². The van der Waals surface area contributed by atoms with Gasteiger partial charge < -0.3 is 16.3 Å². The summed E-state index contributed by atoms with van der Waals surface area (Å²) in [5.41, 5.74) is 5.90. The molecule has 16 heavy (non-hydrogen) atoms. The zero-order chi connectivity index (χ0) is 12.0. The van der Waals surface area contributed by atoms with Crippen LogP contribution in [0.4, 0.5) is 0 Å². The molecule has 0 bridgehead atoms. The van der Waals surface area contributed by atoms with Crippen molar-refractivity contribution in [2.45, 2.75) is 6.42 Å². The molecule has 0 radical (unpaired) electrons. The van der Waals surface area contributed by atoms with Crippen molar-refractivity contribution in [2.24, 2.45) is 10.9 Å². The van der Waals surface area contributed by atoms with E-state index < -0.39 is 0 Å². The molecule has 1 aromatic carbocycles. The van der Waals surface area contributed by atoms with Gasteiger partial charge in [-0.15, -0.1) is 0 Å². The van der Waals surface area contributed by atoms with Crippen molar-refractivity contribution in [3.63, 3.8) is 0 Å². The molecule has 0 unspecified atom stereocenters. The molecule has 1 amide bonds. The topological polar surface area (TPSA) is 87.7 Å². The highest BCUT2D eigenvalue weighted by Crippen LogP contribution is 2.10. The number of nitrogens with two attached hydrogens (primary N) is 1. The quantitative estimate of drug-likeness (QED) is 0.254. The van der Waals surface area contributed by atoms with Gasteiger partial charge in [-0.2, -0.15) is 0 Å². The van der Waals surface area contributed by atoms with E-state index in [1.807, 2.05) is 12.1 Å². The maximum absolute atomic E-state index is 11.7. The van der Waals surface area contributed by atoms with Crippen LogP contribution < -0.4 is 11.1 Å². The standard InChI is InChI=1S/C10H12IN3O2/c11-8-4-2-1-3-7(8)10(15)13-6-5-9(12)14-16/h1-4,16H,5-6H2,(H2,12,14)(H,13,15). The van der Waals surface area contributed by atoms with E-state index in [9.17, 15) is 4.79 Å². The van der Waals surface area contributed by atoms with Crippen LogP contribution in [0.25, 0.3) is 0 Å². The van der Waals surface area contributed by atoms with Crippen molar-refractivity contribution in [1.82, 2.24) is 5.32 Å². The van der Waals surface area contributed by atoms with Gasteiger partial charge in [-0.3, -0.25) is 4.79 Å². The Balaban J connectivity index is 2.51. The minimum Gasteiger partial charge on any atom is -0.409 e. The molecule has 0 saturated carbocycles. The molecule has 0 atom stereocenters. The van der Waals surface area contributed by atoms with E-state index in [0.29, 0.717) is 18.5 Å². The van der Waals surface area contributed by atoms with Gasteiger partial charge in [0.15, 0.2) is 0 Å². The highest BCUT2D eigenvalue weighted by atomic mass is 127. The van der Waals surface area contributed by atoms with E-state index in [2.05, 4.69) is 33.1 Å². The lowest BCUT2D eigenvalue weighted by atomic mass is 10.2. The van der Waals surface area contributed by atoms with Gasteiger partial charge in [0.2, 0.25) is 0 Å². The van der Waals surface area contributed by atoms with Gasteiger partial charge in [-0.25, -0.2) is 0 Å². The number of carbonyl (C=O) groups is 1. The molecule has 0 aliphatic heterocycles. The fourth-order valence-electron chi connectivity index (χ4n) is 1.09. The lowest BCUT2D eigenvalue weighted by Crippen LogP contribution is -2.28. The van der Waals surface area contributed by atoms with Crippen LogP contribution in [0.1, 0.15) is 16.8 Å². The largest absolute Gasteiger partial charge is 0.409 e. The Bertz CT molecular complexity index is 407. The third-order valence-corrected chi connectivity index (χ3v) is 2.85. The molecule has 1 aromatic rings. The van der Waals surface area contributed by atoms with Crippen LogP contribution in [0.2, 0.25) is 0 Å². The average molecular weight is 333 g/mol. The van der Waals surface area contributed by atoms with Crippen LogP contribution in [0.3, 0.4) is 0 Å². The maximum atomic E-state index is 11.7. The lowest BCUT2D eigenvalue weighted by Gasteiger charge is -2.05. The number of benzene rings is 1. The molecular weight excluding hydrogens is 321 g/mol. The van der Waals surface area contributed by atoms with Gasteiger partial charge in [0.05, 0.1) is 5.56 Å². The monoisotopic (exact) mass is 333 g/mol. The van der Waals surface area contributed by atoms with Crippen LogP contribution in [0.5, 0.6) is 0 Å². The predicted molar refractivity (Wildman–Crippen MR) is 69.5 cm³/mol. The molecule has 0 saturated heterocycles. The minimum absolute atomic E-state index is 0.100. The van der Waals surface area contributed by atoms with Gasteiger partial charge in [0, 0.05) is 16.5 Å². The van der Waals surface area contributed by atoms with E-state index >= 15 is 0 Å². The Morgan fingerprint density at radius 1 is 1.50 bits per heavy atom. The van der Waals surface area contributed by atoms with Crippen LogP contribution in [-0.4, -0.2) is 23.5 Å². The molecule has 5 nitrogen and oxygen atoms in total. The van der Waals surface area contributed by atoms with Crippen molar-refractivity contribution in [3.05, 3.63) is 33.4 Å². The Kier molecular flexibility index (Phi) is 5.03. The maximum Gasteiger partial charge on any atom is 0.252 e. The Morgan fingerprint density at radius 2 is 2.19 bits per heavy atom. The van der Waals surface area contributed by atoms with E-state index in [4.69, 9.17) is 10.9 Å². The smallest absolute Gasteiger partial charge is 0.252 e. The van der Waals surface area contributed by atoms with Crippen molar-refractivity contribution in [1.29, 1.82) is 0 Å². The number of amidine groups is 1. The second-order valence-corrected chi connectivity index (χ2v) is 4.24. The van der Waals surface area contributed by atoms with Gasteiger partial charge in [0.25, 0.3) is 5.91 Å². The fourth-order valence-corrected chi connectivity index (χ4v) is 1.73. The molecule has 86 valence electrons. The third-order valence-electron chi connectivity index (χ3n) is 1.91. The highest BCUT2D eigenvalue weighted by Gasteiger charge is 2.08. The molecule has 0 heterocycles. The highest BCUT2D eigenvalue weighted by molar-refractivity contribution is 14.1. The Morgan fingerprint density at radius 3 is 2.81 bits per heavy atom. The Labute approximate surface area is 107 Å². The number of rotatable bonds is 4. The summed E-state index contributed by atoms with van der Waals surface area (Å²) >= 11 is 2.10. The second kappa shape index (κ2) is 6.31. The predicted octanol–water partition coefficient (Wildman–Crippen LogP) is 1.16. The lowest BCUT2D eigenvalue weighted by molar-refractivity contribution is 0.0954. The van der Waals surface area contributed by atoms with Gasteiger partial charge in [0.1, 0.15) is 5.84 Å². The van der Waals surface area contributed by atoms with E-state index in [0.717, 1.165) is 3.57 Å². The molecule has 0 aliphatic carbocycles. The van der Waals surface area contributed by atoms with Gasteiger partial charge in [-0.05, 0) is 34.7 Å². The summed E-state index contributed by atoms with van der Waals surface area (Å²) < 4.78 is 0.890. The summed E-state index contributed by atoms with van der Waals surface area (Å²) in [6, 6.07) is 7.29. The summed E-state index contributed by atoms with van der Waals surface area (Å²) in [7, 11) is 0. The number of nitrogens with zero attached hydrogens (tertiary/aromatic N) is 1. The normalized spacial score (nSPS) is 11.2. The first-order valence-electron chi connectivity index (χ1n) is 4.64. The van der Waals surface area contributed by atoms with E-state index in [1.165, 1.54) is 0 Å². The molecule has 0 spiro atoms. The zero-order valence-electron chi connectivity index (χ0n) is 8.48. The summed E-state index contributed by atoms with van der Waals surface area (Å²) in [5.74, 6) is -0.0567. The molecule has 0 aliphatic rings. The minimum atomic E-state index is -0.157. The van der Waals surface area contributed by atoms with Crippen molar-refractivity contribution in [3.8, 4) is 0 Å². The SMILES string of the molecule is NC(CCNC(=O)c1ccccc1I)=NO. The number of carbonyl (C=O) groups excluding carboxylic acids is 1. The first-order valence-corrected chi connectivity index (χ1v) is 5.72. The third kappa shape index (κ3) is 3.69. The molecule has 6 heteroatoms. The fraction of sp³-hybridized carbons (Fsp3) is 0.200. The van der Waals surface area contributed by atoms with Crippen molar-refractivity contribution in [2.75, 3.05) is 6.54 Å². The summed E-state index contributed by atoms with van der Waals surface area (Å²) in [6.45, 7) is 0.347.